The number of hydrogen-bond acceptors (Lipinski definition) is 2. The Balaban J connectivity index is 2.31. The van der Waals surface area contributed by atoms with E-state index >= 15 is 0 Å². The number of methoxy groups -OCH3 is 1. The van der Waals surface area contributed by atoms with Gasteiger partial charge < -0.3 is 10.1 Å². The minimum atomic E-state index is -4.44. The molecule has 1 atom stereocenters. The zero-order valence-corrected chi connectivity index (χ0v) is 11.7. The summed E-state index contributed by atoms with van der Waals surface area (Å²) in [6.07, 6.45) is -4.44. The van der Waals surface area contributed by atoms with Crippen LogP contribution in [-0.4, -0.2) is 7.11 Å². The topological polar surface area (TPSA) is 21.3 Å². The Morgan fingerprint density at radius 3 is 2.29 bits per heavy atom. The van der Waals surface area contributed by atoms with Gasteiger partial charge in [-0.15, -0.1) is 0 Å². The number of anilines is 1. The smallest absolute Gasteiger partial charge is 0.418 e. The molecule has 0 radical (unpaired) electrons. The summed E-state index contributed by atoms with van der Waals surface area (Å²) in [6, 6.07) is 13.0. The van der Waals surface area contributed by atoms with Crippen molar-refractivity contribution in [2.24, 2.45) is 0 Å². The molecule has 0 fully saturated rings. The van der Waals surface area contributed by atoms with Gasteiger partial charge in [-0.3, -0.25) is 0 Å². The normalized spacial score (nSPS) is 12.8. The van der Waals surface area contributed by atoms with Crippen molar-refractivity contribution in [1.82, 2.24) is 0 Å². The monoisotopic (exact) mass is 295 g/mol. The number of alkyl halides is 3. The van der Waals surface area contributed by atoms with Crippen molar-refractivity contribution in [3.05, 3.63) is 59.7 Å². The molecule has 0 aromatic heterocycles. The molecule has 0 aliphatic rings. The van der Waals surface area contributed by atoms with Crippen LogP contribution in [0.1, 0.15) is 24.1 Å². The first-order chi connectivity index (χ1) is 9.91. The second-order valence-corrected chi connectivity index (χ2v) is 4.69. The molecule has 0 saturated heterocycles. The number of hydrogen-bond donors (Lipinski definition) is 1. The summed E-state index contributed by atoms with van der Waals surface area (Å²) < 4.78 is 44.2. The molecule has 112 valence electrons. The van der Waals surface area contributed by atoms with E-state index in [1.54, 1.807) is 0 Å². The molecule has 0 heterocycles. The van der Waals surface area contributed by atoms with E-state index in [0.29, 0.717) is 0 Å². The molecular formula is C16H16F3NO. The molecule has 0 aliphatic carbocycles. The van der Waals surface area contributed by atoms with E-state index in [1.165, 1.54) is 19.2 Å². The summed E-state index contributed by atoms with van der Waals surface area (Å²) in [5.74, 6) is 0.181. The highest BCUT2D eigenvalue weighted by molar-refractivity contribution is 5.56. The fourth-order valence-corrected chi connectivity index (χ4v) is 2.07. The molecule has 2 aromatic carbocycles. The largest absolute Gasteiger partial charge is 0.497 e. The first kappa shape index (κ1) is 15.2. The molecule has 0 saturated carbocycles. The lowest BCUT2D eigenvalue weighted by Crippen LogP contribution is -2.13. The molecule has 0 aliphatic heterocycles. The predicted molar refractivity (Wildman–Crippen MR) is 76.5 cm³/mol. The summed E-state index contributed by atoms with van der Waals surface area (Å²) in [5.41, 5.74) is 0.228. The average molecular weight is 295 g/mol. The fourth-order valence-electron chi connectivity index (χ4n) is 2.07. The van der Waals surface area contributed by atoms with Crippen LogP contribution in [0.5, 0.6) is 5.75 Å². The van der Waals surface area contributed by atoms with Gasteiger partial charge in [-0.2, -0.15) is 13.2 Å². The third kappa shape index (κ3) is 3.68. The van der Waals surface area contributed by atoms with Gasteiger partial charge in [-0.25, -0.2) is 0 Å². The number of halogens is 3. The highest BCUT2D eigenvalue weighted by Gasteiger charge is 2.34. The van der Waals surface area contributed by atoms with E-state index in [2.05, 4.69) is 5.32 Å². The Morgan fingerprint density at radius 2 is 1.71 bits per heavy atom. The van der Waals surface area contributed by atoms with Gasteiger partial charge in [0.05, 0.1) is 12.7 Å². The van der Waals surface area contributed by atoms with Gasteiger partial charge in [0.2, 0.25) is 0 Å². The maximum atomic E-state index is 13.1. The van der Waals surface area contributed by atoms with Crippen molar-refractivity contribution in [1.29, 1.82) is 0 Å². The van der Waals surface area contributed by atoms with Crippen LogP contribution in [0.2, 0.25) is 0 Å². The van der Waals surface area contributed by atoms with Crippen LogP contribution in [0.15, 0.2) is 48.5 Å². The van der Waals surface area contributed by atoms with E-state index in [1.807, 2.05) is 37.3 Å². The second-order valence-electron chi connectivity index (χ2n) is 4.69. The quantitative estimate of drug-likeness (QED) is 0.867. The Labute approximate surface area is 121 Å². The molecule has 2 rings (SSSR count). The highest BCUT2D eigenvalue weighted by Crippen LogP contribution is 2.38. The minimum absolute atomic E-state index is 0.0413. The lowest BCUT2D eigenvalue weighted by Gasteiger charge is -2.20. The lowest BCUT2D eigenvalue weighted by atomic mass is 10.1. The Hall–Kier alpha value is -2.17. The van der Waals surface area contributed by atoms with Crippen LogP contribution in [0, 0.1) is 0 Å². The Morgan fingerprint density at radius 1 is 1.05 bits per heavy atom. The van der Waals surface area contributed by atoms with Crippen LogP contribution in [0.25, 0.3) is 0 Å². The van der Waals surface area contributed by atoms with Crippen LogP contribution in [0.3, 0.4) is 0 Å². The van der Waals surface area contributed by atoms with Gasteiger partial charge >= 0.3 is 6.18 Å². The third-order valence-electron chi connectivity index (χ3n) is 3.20. The zero-order valence-electron chi connectivity index (χ0n) is 11.7. The molecule has 1 N–H and O–H groups in total. The number of rotatable bonds is 4. The molecule has 0 amide bonds. The SMILES string of the molecule is COc1ccc(NC(C)c2ccccc2)c(C(F)(F)F)c1. The van der Waals surface area contributed by atoms with E-state index in [9.17, 15) is 13.2 Å². The van der Waals surface area contributed by atoms with Gasteiger partial charge in [-0.1, -0.05) is 30.3 Å². The number of ether oxygens (including phenoxy) is 1. The fraction of sp³-hybridized carbons (Fsp3) is 0.250. The summed E-state index contributed by atoms with van der Waals surface area (Å²) in [6.45, 7) is 1.82. The van der Waals surface area contributed by atoms with Crippen LogP contribution < -0.4 is 10.1 Å². The average Bonchev–Trinajstić information content (AvgIpc) is 2.47. The molecule has 1 unspecified atom stereocenters. The lowest BCUT2D eigenvalue weighted by molar-refractivity contribution is -0.137. The Bertz CT molecular complexity index is 596. The van der Waals surface area contributed by atoms with Crippen LogP contribution in [0.4, 0.5) is 18.9 Å². The molecule has 2 nitrogen and oxygen atoms in total. The highest BCUT2D eigenvalue weighted by atomic mass is 19.4. The van der Waals surface area contributed by atoms with E-state index in [-0.39, 0.29) is 17.5 Å². The molecule has 5 heteroatoms. The van der Waals surface area contributed by atoms with Gasteiger partial charge in [0.1, 0.15) is 5.75 Å². The van der Waals surface area contributed by atoms with Crippen molar-refractivity contribution >= 4 is 5.69 Å². The molecule has 0 spiro atoms. The third-order valence-corrected chi connectivity index (χ3v) is 3.20. The maximum absolute atomic E-state index is 13.1. The van der Waals surface area contributed by atoms with Crippen molar-refractivity contribution in [2.75, 3.05) is 12.4 Å². The number of nitrogens with one attached hydrogen (secondary N) is 1. The maximum Gasteiger partial charge on any atom is 0.418 e. The van der Waals surface area contributed by atoms with Gasteiger partial charge in [0.25, 0.3) is 0 Å². The molecular weight excluding hydrogens is 279 g/mol. The molecule has 0 bridgehead atoms. The first-order valence-electron chi connectivity index (χ1n) is 6.48. The summed E-state index contributed by atoms with van der Waals surface area (Å²) in [5, 5.41) is 2.91. The van der Waals surface area contributed by atoms with Crippen molar-refractivity contribution in [2.45, 2.75) is 19.1 Å². The molecule has 21 heavy (non-hydrogen) atoms. The standard InChI is InChI=1S/C16H16F3NO/c1-11(12-6-4-3-5-7-12)20-15-9-8-13(21-2)10-14(15)16(17,18)19/h3-11,20H,1-2H3. The van der Waals surface area contributed by atoms with Gasteiger partial charge in [-0.05, 0) is 30.7 Å². The summed E-state index contributed by atoms with van der Waals surface area (Å²) in [4.78, 5) is 0. The minimum Gasteiger partial charge on any atom is -0.497 e. The Kier molecular flexibility index (Phi) is 4.40. The first-order valence-corrected chi connectivity index (χ1v) is 6.48. The van der Waals surface area contributed by atoms with Crippen LogP contribution in [-0.2, 0) is 6.18 Å². The van der Waals surface area contributed by atoms with Crippen molar-refractivity contribution in [3.63, 3.8) is 0 Å². The van der Waals surface area contributed by atoms with E-state index in [0.717, 1.165) is 11.6 Å². The van der Waals surface area contributed by atoms with Gasteiger partial charge in [0, 0.05) is 11.7 Å². The van der Waals surface area contributed by atoms with Gasteiger partial charge in [0.15, 0.2) is 0 Å². The second kappa shape index (κ2) is 6.08. The van der Waals surface area contributed by atoms with Crippen LogP contribution >= 0.6 is 0 Å². The van der Waals surface area contributed by atoms with Crippen molar-refractivity contribution < 1.29 is 17.9 Å². The van der Waals surface area contributed by atoms with Crippen molar-refractivity contribution in [3.8, 4) is 5.75 Å². The predicted octanol–water partition coefficient (Wildman–Crippen LogP) is 4.89. The number of benzene rings is 2. The van der Waals surface area contributed by atoms with E-state index < -0.39 is 11.7 Å². The summed E-state index contributed by atoms with van der Waals surface area (Å²) >= 11 is 0. The summed E-state index contributed by atoms with van der Waals surface area (Å²) in [7, 11) is 1.34. The molecule has 2 aromatic rings. The van der Waals surface area contributed by atoms with E-state index in [4.69, 9.17) is 4.74 Å². The zero-order chi connectivity index (χ0) is 15.5.